The van der Waals surface area contributed by atoms with Crippen LogP contribution in [0, 0.1) is 10.1 Å². The number of nitro groups is 1. The average molecular weight is 342 g/mol. The summed E-state index contributed by atoms with van der Waals surface area (Å²) < 4.78 is 0. The van der Waals surface area contributed by atoms with E-state index in [2.05, 4.69) is 15.2 Å². The van der Waals surface area contributed by atoms with Gasteiger partial charge in [0, 0.05) is 23.9 Å². The summed E-state index contributed by atoms with van der Waals surface area (Å²) in [6.07, 6.45) is 1.53. The van der Waals surface area contributed by atoms with Gasteiger partial charge in [-0.25, -0.2) is 4.99 Å². The summed E-state index contributed by atoms with van der Waals surface area (Å²) >= 11 is 1.21. The third kappa shape index (κ3) is 3.36. The van der Waals surface area contributed by atoms with Gasteiger partial charge in [0.2, 0.25) is 5.13 Å². The topological polar surface area (TPSA) is 122 Å². The van der Waals surface area contributed by atoms with Crippen molar-refractivity contribution in [3.05, 3.63) is 58.1 Å². The Bertz CT molecular complexity index is 921. The van der Waals surface area contributed by atoms with Gasteiger partial charge >= 0.3 is 0 Å². The van der Waals surface area contributed by atoms with Crippen molar-refractivity contribution >= 4 is 28.4 Å². The number of nitro benzene ring substituents is 1. The van der Waals surface area contributed by atoms with Gasteiger partial charge in [-0.1, -0.05) is 11.3 Å². The van der Waals surface area contributed by atoms with Crippen LogP contribution in [0.3, 0.4) is 0 Å². The van der Waals surface area contributed by atoms with Crippen LogP contribution in [0.5, 0.6) is 11.5 Å². The van der Waals surface area contributed by atoms with Gasteiger partial charge in [0.15, 0.2) is 11.5 Å². The molecule has 0 atom stereocenters. The highest BCUT2D eigenvalue weighted by Crippen LogP contribution is 2.33. The van der Waals surface area contributed by atoms with E-state index in [0.717, 1.165) is 0 Å². The highest BCUT2D eigenvalue weighted by atomic mass is 32.1. The van der Waals surface area contributed by atoms with Crippen molar-refractivity contribution < 1.29 is 15.1 Å². The maximum Gasteiger partial charge on any atom is 0.269 e. The van der Waals surface area contributed by atoms with Crippen molar-refractivity contribution in [3.8, 4) is 22.1 Å². The first-order valence-corrected chi connectivity index (χ1v) is 7.49. The van der Waals surface area contributed by atoms with Crippen LogP contribution in [0.2, 0.25) is 0 Å². The van der Waals surface area contributed by atoms with Crippen LogP contribution in [0.15, 0.2) is 47.5 Å². The van der Waals surface area contributed by atoms with E-state index in [4.69, 9.17) is 0 Å². The van der Waals surface area contributed by atoms with Crippen molar-refractivity contribution in [2.75, 3.05) is 0 Å². The molecule has 0 fully saturated rings. The number of rotatable bonds is 4. The average Bonchev–Trinajstić information content (AvgIpc) is 3.05. The van der Waals surface area contributed by atoms with Gasteiger partial charge in [0.25, 0.3) is 5.69 Å². The van der Waals surface area contributed by atoms with Crippen molar-refractivity contribution in [2.24, 2.45) is 4.99 Å². The molecule has 0 unspecified atom stereocenters. The molecule has 9 heteroatoms. The summed E-state index contributed by atoms with van der Waals surface area (Å²) in [4.78, 5) is 14.3. The van der Waals surface area contributed by atoms with Gasteiger partial charge in [0.05, 0.1) is 4.92 Å². The van der Waals surface area contributed by atoms with E-state index in [1.54, 1.807) is 18.2 Å². The summed E-state index contributed by atoms with van der Waals surface area (Å²) in [6, 6.07) is 10.3. The molecule has 0 bridgehead atoms. The van der Waals surface area contributed by atoms with Crippen molar-refractivity contribution in [3.63, 3.8) is 0 Å². The number of hydrogen-bond acceptors (Lipinski definition) is 8. The van der Waals surface area contributed by atoms with Crippen LogP contribution in [0.25, 0.3) is 10.6 Å². The molecule has 0 aliphatic rings. The van der Waals surface area contributed by atoms with Gasteiger partial charge in [-0.05, 0) is 35.9 Å². The first-order chi connectivity index (χ1) is 11.5. The molecule has 24 heavy (non-hydrogen) atoms. The zero-order valence-corrected chi connectivity index (χ0v) is 12.8. The largest absolute Gasteiger partial charge is 0.504 e. The molecular weight excluding hydrogens is 332 g/mol. The predicted molar refractivity (Wildman–Crippen MR) is 89.0 cm³/mol. The van der Waals surface area contributed by atoms with Crippen LogP contribution >= 0.6 is 11.3 Å². The van der Waals surface area contributed by atoms with Crippen LogP contribution in [-0.2, 0) is 0 Å². The summed E-state index contributed by atoms with van der Waals surface area (Å²) in [5.74, 6) is -0.446. The molecular formula is C15H10N4O4S. The van der Waals surface area contributed by atoms with Gasteiger partial charge < -0.3 is 10.2 Å². The highest BCUT2D eigenvalue weighted by Gasteiger charge is 2.08. The lowest BCUT2D eigenvalue weighted by Crippen LogP contribution is -1.88. The van der Waals surface area contributed by atoms with Crippen LogP contribution in [0.1, 0.15) is 5.56 Å². The molecule has 8 nitrogen and oxygen atoms in total. The minimum absolute atomic E-state index is 0.0116. The molecule has 2 N–H and O–H groups in total. The highest BCUT2D eigenvalue weighted by molar-refractivity contribution is 7.18. The molecule has 0 saturated carbocycles. The van der Waals surface area contributed by atoms with E-state index in [1.165, 1.54) is 41.8 Å². The smallest absolute Gasteiger partial charge is 0.269 e. The van der Waals surface area contributed by atoms with Crippen LogP contribution < -0.4 is 0 Å². The minimum Gasteiger partial charge on any atom is -0.504 e. The predicted octanol–water partition coefficient (Wildman–Crippen LogP) is 3.28. The molecule has 0 saturated heterocycles. The Balaban J connectivity index is 1.78. The zero-order valence-electron chi connectivity index (χ0n) is 12.0. The number of hydrogen-bond donors (Lipinski definition) is 2. The van der Waals surface area contributed by atoms with Crippen LogP contribution in [0.4, 0.5) is 10.8 Å². The summed E-state index contributed by atoms with van der Waals surface area (Å²) in [5.41, 5.74) is 1.32. The Morgan fingerprint density at radius 3 is 2.50 bits per heavy atom. The van der Waals surface area contributed by atoms with Crippen LogP contribution in [-0.4, -0.2) is 31.5 Å². The third-order valence-electron chi connectivity index (χ3n) is 3.06. The van der Waals surface area contributed by atoms with Gasteiger partial charge in [-0.3, -0.25) is 10.1 Å². The maximum atomic E-state index is 10.6. The number of non-ortho nitro benzene ring substituents is 1. The number of aromatic hydroxyl groups is 2. The number of aliphatic imine (C=N–C) groups is 1. The zero-order chi connectivity index (χ0) is 17.1. The standard InChI is InChI=1S/C15H10N4O4S/c20-12-6-3-10(7-13(12)21)14-17-18-15(24-14)16-8-9-1-4-11(5-2-9)19(22)23/h1-8,20-21H. The number of nitrogens with zero attached hydrogens (tertiary/aromatic N) is 4. The first kappa shape index (κ1) is 15.6. The van der Waals surface area contributed by atoms with E-state index in [0.29, 0.717) is 21.3 Å². The fraction of sp³-hybridized carbons (Fsp3) is 0. The van der Waals surface area contributed by atoms with Crippen molar-refractivity contribution in [1.82, 2.24) is 10.2 Å². The number of aromatic nitrogens is 2. The van der Waals surface area contributed by atoms with Crippen molar-refractivity contribution in [2.45, 2.75) is 0 Å². The fourth-order valence-electron chi connectivity index (χ4n) is 1.85. The molecule has 0 aliphatic heterocycles. The maximum absolute atomic E-state index is 10.6. The first-order valence-electron chi connectivity index (χ1n) is 6.67. The second kappa shape index (κ2) is 6.42. The normalized spacial score (nSPS) is 11.0. The quantitative estimate of drug-likeness (QED) is 0.325. The summed E-state index contributed by atoms with van der Waals surface area (Å²) in [5, 5.41) is 38.3. The van der Waals surface area contributed by atoms with E-state index in [-0.39, 0.29) is 17.2 Å². The second-order valence-corrected chi connectivity index (χ2v) is 5.66. The molecule has 1 heterocycles. The molecule has 0 aliphatic carbocycles. The van der Waals surface area contributed by atoms with Gasteiger partial charge in [-0.2, -0.15) is 0 Å². The SMILES string of the molecule is O=[N+]([O-])c1ccc(C=Nc2nnc(-c3ccc(O)c(O)c3)s2)cc1. The number of phenols is 2. The molecule has 2 aromatic carbocycles. The Hall–Kier alpha value is -3.33. The van der Waals surface area contributed by atoms with E-state index in [1.807, 2.05) is 0 Å². The Labute approximate surface area is 139 Å². The third-order valence-corrected chi connectivity index (χ3v) is 3.94. The Kier molecular flexibility index (Phi) is 4.17. The Morgan fingerprint density at radius 2 is 1.83 bits per heavy atom. The van der Waals surface area contributed by atoms with Crippen molar-refractivity contribution in [1.29, 1.82) is 0 Å². The molecule has 0 amide bonds. The number of benzene rings is 2. The molecule has 0 radical (unpaired) electrons. The minimum atomic E-state index is -0.467. The monoisotopic (exact) mass is 342 g/mol. The second-order valence-electron chi connectivity index (χ2n) is 4.70. The fourth-order valence-corrected chi connectivity index (χ4v) is 2.54. The lowest BCUT2D eigenvalue weighted by Gasteiger charge is -1.98. The van der Waals surface area contributed by atoms with Gasteiger partial charge in [0.1, 0.15) is 5.01 Å². The number of phenolic OH excluding ortho intramolecular Hbond substituents is 2. The lowest BCUT2D eigenvalue weighted by atomic mass is 10.2. The lowest BCUT2D eigenvalue weighted by molar-refractivity contribution is -0.384. The Morgan fingerprint density at radius 1 is 1.08 bits per heavy atom. The molecule has 1 aromatic heterocycles. The van der Waals surface area contributed by atoms with E-state index in [9.17, 15) is 20.3 Å². The van der Waals surface area contributed by atoms with E-state index < -0.39 is 4.92 Å². The molecule has 0 spiro atoms. The van der Waals surface area contributed by atoms with E-state index >= 15 is 0 Å². The summed E-state index contributed by atoms with van der Waals surface area (Å²) in [7, 11) is 0. The molecule has 3 rings (SSSR count). The molecule has 120 valence electrons. The summed E-state index contributed by atoms with van der Waals surface area (Å²) in [6.45, 7) is 0. The van der Waals surface area contributed by atoms with Gasteiger partial charge in [-0.15, -0.1) is 10.2 Å². The molecule has 3 aromatic rings.